The highest BCUT2D eigenvalue weighted by molar-refractivity contribution is 5.91. The maximum atomic E-state index is 11.7. The van der Waals surface area contributed by atoms with Crippen molar-refractivity contribution in [2.75, 3.05) is 14.2 Å². The van der Waals surface area contributed by atoms with Crippen molar-refractivity contribution in [3.8, 4) is 11.5 Å². The third-order valence-electron chi connectivity index (χ3n) is 2.86. The molecule has 0 bridgehead atoms. The summed E-state index contributed by atoms with van der Waals surface area (Å²) in [7, 11) is 3.16. The average Bonchev–Trinajstić information content (AvgIpc) is 3.04. The van der Waals surface area contributed by atoms with Crippen molar-refractivity contribution in [1.82, 2.24) is 5.32 Å². The molecule has 1 aromatic carbocycles. The molecule has 0 radical (unpaired) electrons. The first kappa shape index (κ1) is 14.7. The molecule has 2 aromatic rings. The Hall–Kier alpha value is -2.69. The van der Waals surface area contributed by atoms with Crippen LogP contribution in [0.25, 0.3) is 6.08 Å². The van der Waals surface area contributed by atoms with Crippen molar-refractivity contribution in [1.29, 1.82) is 0 Å². The number of nitrogens with one attached hydrogen (secondary N) is 1. The lowest BCUT2D eigenvalue weighted by atomic mass is 10.2. The molecule has 1 amide bonds. The van der Waals surface area contributed by atoms with E-state index in [1.54, 1.807) is 44.8 Å². The van der Waals surface area contributed by atoms with E-state index in [1.165, 1.54) is 6.08 Å². The van der Waals surface area contributed by atoms with Gasteiger partial charge in [-0.05, 0) is 35.9 Å². The van der Waals surface area contributed by atoms with Gasteiger partial charge in [0.1, 0.15) is 5.76 Å². The molecule has 1 aromatic heterocycles. The largest absolute Gasteiger partial charge is 0.493 e. The van der Waals surface area contributed by atoms with Crippen LogP contribution >= 0.6 is 0 Å². The third-order valence-corrected chi connectivity index (χ3v) is 2.86. The zero-order valence-corrected chi connectivity index (χ0v) is 12.0. The summed E-state index contributed by atoms with van der Waals surface area (Å²) in [5.41, 5.74) is 0.924. The number of methoxy groups -OCH3 is 2. The number of carbonyl (C=O) groups is 1. The van der Waals surface area contributed by atoms with Crippen LogP contribution in [0.15, 0.2) is 47.1 Å². The predicted molar refractivity (Wildman–Crippen MR) is 79.1 cm³/mol. The first-order valence-corrected chi connectivity index (χ1v) is 6.43. The van der Waals surface area contributed by atoms with E-state index in [4.69, 9.17) is 13.9 Å². The molecule has 21 heavy (non-hydrogen) atoms. The van der Waals surface area contributed by atoms with Gasteiger partial charge in [0.2, 0.25) is 5.91 Å². The number of hydrogen-bond donors (Lipinski definition) is 1. The molecule has 0 unspecified atom stereocenters. The quantitative estimate of drug-likeness (QED) is 0.830. The van der Waals surface area contributed by atoms with Crippen LogP contribution in [-0.4, -0.2) is 20.1 Å². The van der Waals surface area contributed by atoms with Gasteiger partial charge in [-0.1, -0.05) is 6.07 Å². The Labute approximate surface area is 123 Å². The molecule has 0 spiro atoms. The lowest BCUT2D eigenvalue weighted by Crippen LogP contribution is -2.20. The molecule has 0 aliphatic heterocycles. The van der Waals surface area contributed by atoms with E-state index in [0.717, 1.165) is 5.56 Å². The smallest absolute Gasteiger partial charge is 0.244 e. The van der Waals surface area contributed by atoms with E-state index >= 15 is 0 Å². The summed E-state index contributed by atoms with van der Waals surface area (Å²) >= 11 is 0. The molecule has 5 heteroatoms. The minimum Gasteiger partial charge on any atom is -0.493 e. The Morgan fingerprint density at radius 1 is 1.24 bits per heavy atom. The number of hydrogen-bond acceptors (Lipinski definition) is 4. The summed E-state index contributed by atoms with van der Waals surface area (Å²) in [6.45, 7) is 0.404. The van der Waals surface area contributed by atoms with Gasteiger partial charge >= 0.3 is 0 Å². The highest BCUT2D eigenvalue weighted by Gasteiger charge is 2.05. The standard InChI is InChI=1S/C16H17NO4/c1-19-14-7-5-12(10-15(14)20-2)11-17-16(18)8-6-13-4-3-9-21-13/h3-10H,11H2,1-2H3,(H,17,18). The average molecular weight is 287 g/mol. The second-order valence-electron chi connectivity index (χ2n) is 4.26. The van der Waals surface area contributed by atoms with E-state index in [-0.39, 0.29) is 5.91 Å². The lowest BCUT2D eigenvalue weighted by molar-refractivity contribution is -0.116. The summed E-state index contributed by atoms with van der Waals surface area (Å²) in [6, 6.07) is 9.05. The molecular formula is C16H17NO4. The van der Waals surface area contributed by atoms with Crippen LogP contribution < -0.4 is 14.8 Å². The maximum absolute atomic E-state index is 11.7. The second kappa shape index (κ2) is 7.19. The monoisotopic (exact) mass is 287 g/mol. The number of amides is 1. The van der Waals surface area contributed by atoms with Crippen LogP contribution in [0.5, 0.6) is 11.5 Å². The number of carbonyl (C=O) groups excluding carboxylic acids is 1. The Morgan fingerprint density at radius 3 is 2.71 bits per heavy atom. The molecule has 1 N–H and O–H groups in total. The van der Waals surface area contributed by atoms with E-state index < -0.39 is 0 Å². The van der Waals surface area contributed by atoms with Gasteiger partial charge in [0.15, 0.2) is 11.5 Å². The molecule has 0 aliphatic rings. The third kappa shape index (κ3) is 4.14. The molecule has 0 saturated heterocycles. The molecule has 1 heterocycles. The SMILES string of the molecule is COc1ccc(CNC(=O)C=Cc2ccco2)cc1OC. The van der Waals surface area contributed by atoms with Crippen LogP contribution in [0, 0.1) is 0 Å². The highest BCUT2D eigenvalue weighted by atomic mass is 16.5. The van der Waals surface area contributed by atoms with Gasteiger partial charge in [0.25, 0.3) is 0 Å². The van der Waals surface area contributed by atoms with Gasteiger partial charge in [-0.25, -0.2) is 0 Å². The van der Waals surface area contributed by atoms with Gasteiger partial charge in [-0.3, -0.25) is 4.79 Å². The minimum absolute atomic E-state index is 0.193. The molecule has 0 aliphatic carbocycles. The Morgan fingerprint density at radius 2 is 2.05 bits per heavy atom. The van der Waals surface area contributed by atoms with Crippen molar-refractivity contribution in [2.45, 2.75) is 6.54 Å². The van der Waals surface area contributed by atoms with Crippen molar-refractivity contribution in [2.24, 2.45) is 0 Å². The fourth-order valence-corrected chi connectivity index (χ4v) is 1.78. The van der Waals surface area contributed by atoms with Gasteiger partial charge < -0.3 is 19.2 Å². The van der Waals surface area contributed by atoms with Crippen LogP contribution in [-0.2, 0) is 11.3 Å². The normalized spacial score (nSPS) is 10.6. The fraction of sp³-hybridized carbons (Fsp3) is 0.188. The molecule has 2 rings (SSSR count). The minimum atomic E-state index is -0.193. The highest BCUT2D eigenvalue weighted by Crippen LogP contribution is 2.27. The number of benzene rings is 1. The Balaban J connectivity index is 1.92. The van der Waals surface area contributed by atoms with Gasteiger partial charge in [0, 0.05) is 12.6 Å². The summed E-state index contributed by atoms with van der Waals surface area (Å²) in [6.07, 6.45) is 4.60. The van der Waals surface area contributed by atoms with E-state index in [9.17, 15) is 4.79 Å². The van der Waals surface area contributed by atoms with Gasteiger partial charge in [-0.2, -0.15) is 0 Å². The zero-order chi connectivity index (χ0) is 15.1. The predicted octanol–water partition coefficient (Wildman–Crippen LogP) is 2.63. The number of furan rings is 1. The lowest BCUT2D eigenvalue weighted by Gasteiger charge is -2.09. The number of ether oxygens (including phenoxy) is 2. The summed E-state index contributed by atoms with van der Waals surface area (Å²) in [5, 5.41) is 2.79. The summed E-state index contributed by atoms with van der Waals surface area (Å²) < 4.78 is 15.5. The zero-order valence-electron chi connectivity index (χ0n) is 12.0. The molecule has 0 saturated carbocycles. The van der Waals surface area contributed by atoms with Crippen LogP contribution in [0.3, 0.4) is 0 Å². The molecule has 0 fully saturated rings. The first-order chi connectivity index (χ1) is 10.2. The second-order valence-corrected chi connectivity index (χ2v) is 4.26. The van der Waals surface area contributed by atoms with Crippen LogP contribution in [0.2, 0.25) is 0 Å². The van der Waals surface area contributed by atoms with E-state index in [1.807, 2.05) is 12.1 Å². The summed E-state index contributed by atoms with van der Waals surface area (Å²) in [4.78, 5) is 11.7. The van der Waals surface area contributed by atoms with Gasteiger partial charge in [0.05, 0.1) is 20.5 Å². The Kier molecular flexibility index (Phi) is 5.04. The van der Waals surface area contributed by atoms with Crippen molar-refractivity contribution >= 4 is 12.0 Å². The summed E-state index contributed by atoms with van der Waals surface area (Å²) in [5.74, 6) is 1.73. The van der Waals surface area contributed by atoms with Crippen LogP contribution in [0.4, 0.5) is 0 Å². The fourth-order valence-electron chi connectivity index (χ4n) is 1.78. The van der Waals surface area contributed by atoms with Crippen molar-refractivity contribution in [3.63, 3.8) is 0 Å². The van der Waals surface area contributed by atoms with E-state index in [0.29, 0.717) is 23.8 Å². The van der Waals surface area contributed by atoms with E-state index in [2.05, 4.69) is 5.32 Å². The maximum Gasteiger partial charge on any atom is 0.244 e. The first-order valence-electron chi connectivity index (χ1n) is 6.43. The molecular weight excluding hydrogens is 270 g/mol. The Bertz CT molecular complexity index is 617. The van der Waals surface area contributed by atoms with Gasteiger partial charge in [-0.15, -0.1) is 0 Å². The molecule has 110 valence electrons. The van der Waals surface area contributed by atoms with Crippen molar-refractivity contribution < 1.29 is 18.7 Å². The van der Waals surface area contributed by atoms with Crippen LogP contribution in [0.1, 0.15) is 11.3 Å². The number of rotatable bonds is 6. The topological polar surface area (TPSA) is 60.7 Å². The molecule has 5 nitrogen and oxygen atoms in total. The van der Waals surface area contributed by atoms with Crippen molar-refractivity contribution in [3.05, 3.63) is 54.0 Å². The molecule has 0 atom stereocenters.